The third-order valence-corrected chi connectivity index (χ3v) is 3.30. The quantitative estimate of drug-likeness (QED) is 0.631. The molecule has 2 rings (SSSR count). The van der Waals surface area contributed by atoms with Crippen LogP contribution in [0.15, 0.2) is 18.2 Å². The first-order valence-electron chi connectivity index (χ1n) is 6.41. The zero-order valence-corrected chi connectivity index (χ0v) is 11.2. The summed E-state index contributed by atoms with van der Waals surface area (Å²) < 4.78 is 0. The third kappa shape index (κ3) is 2.88. The summed E-state index contributed by atoms with van der Waals surface area (Å²) >= 11 is 0. The number of nitrogen functional groups attached to an aromatic ring is 1. The van der Waals surface area contributed by atoms with Gasteiger partial charge in [-0.25, -0.2) is 0 Å². The lowest BCUT2D eigenvalue weighted by Crippen LogP contribution is -2.47. The van der Waals surface area contributed by atoms with Crippen molar-refractivity contribution in [2.75, 3.05) is 43.4 Å². The molecule has 0 bridgehead atoms. The Bertz CT molecular complexity index is 398. The summed E-state index contributed by atoms with van der Waals surface area (Å²) in [5.74, 6) is 1.65. The van der Waals surface area contributed by atoms with Crippen molar-refractivity contribution < 1.29 is 5.11 Å². The van der Waals surface area contributed by atoms with Crippen LogP contribution < -0.4 is 10.6 Å². The number of phenolic OH excluding ortho intramolecular Hbond substituents is 1. The van der Waals surface area contributed by atoms with Crippen LogP contribution in [0.4, 0.5) is 11.4 Å². The Morgan fingerprint density at radius 1 is 1.22 bits per heavy atom. The summed E-state index contributed by atoms with van der Waals surface area (Å²) in [5, 5.41) is 9.98. The van der Waals surface area contributed by atoms with E-state index in [1.54, 1.807) is 6.07 Å². The van der Waals surface area contributed by atoms with Gasteiger partial charge < -0.3 is 15.7 Å². The summed E-state index contributed by atoms with van der Waals surface area (Å²) in [4.78, 5) is 4.64. The van der Waals surface area contributed by atoms with E-state index in [4.69, 9.17) is 5.73 Å². The van der Waals surface area contributed by atoms with Crippen LogP contribution in [-0.4, -0.2) is 42.7 Å². The lowest BCUT2D eigenvalue weighted by atomic mass is 10.1. The number of nitrogens with two attached hydrogens (primary N) is 1. The fourth-order valence-electron chi connectivity index (χ4n) is 2.40. The predicted molar refractivity (Wildman–Crippen MR) is 75.8 cm³/mol. The Labute approximate surface area is 109 Å². The molecule has 4 heteroatoms. The second-order valence-electron chi connectivity index (χ2n) is 5.19. The number of aromatic hydroxyl groups is 1. The number of anilines is 2. The van der Waals surface area contributed by atoms with Crippen LogP contribution in [0.3, 0.4) is 0 Å². The van der Waals surface area contributed by atoms with Crippen LogP contribution in [0.2, 0.25) is 0 Å². The number of hydrogen-bond donors (Lipinski definition) is 2. The molecule has 0 unspecified atom stereocenters. The Hall–Kier alpha value is -1.42. The largest absolute Gasteiger partial charge is 0.504 e. The SMILES string of the molecule is C[C](C)CN1CCN(c2cccc(N)c2O)CC1. The minimum atomic E-state index is 0.212. The van der Waals surface area contributed by atoms with Gasteiger partial charge in [-0.15, -0.1) is 0 Å². The van der Waals surface area contributed by atoms with E-state index < -0.39 is 0 Å². The maximum absolute atomic E-state index is 9.98. The lowest BCUT2D eigenvalue weighted by Gasteiger charge is -2.37. The molecule has 1 aromatic carbocycles. The number of nitrogens with zero attached hydrogens (tertiary/aromatic N) is 2. The number of para-hydroxylation sites is 1. The third-order valence-electron chi connectivity index (χ3n) is 3.30. The molecule has 1 aromatic rings. The van der Waals surface area contributed by atoms with Crippen LogP contribution in [-0.2, 0) is 0 Å². The molecule has 0 aliphatic carbocycles. The van der Waals surface area contributed by atoms with Gasteiger partial charge in [0, 0.05) is 32.7 Å². The zero-order chi connectivity index (χ0) is 13.1. The number of piperazine rings is 1. The van der Waals surface area contributed by atoms with Crippen molar-refractivity contribution >= 4 is 11.4 Å². The van der Waals surface area contributed by atoms with Crippen molar-refractivity contribution in [3.05, 3.63) is 24.1 Å². The Kier molecular flexibility index (Phi) is 3.97. The minimum Gasteiger partial charge on any atom is -0.504 e. The highest BCUT2D eigenvalue weighted by atomic mass is 16.3. The molecule has 99 valence electrons. The van der Waals surface area contributed by atoms with Gasteiger partial charge in [-0.1, -0.05) is 19.9 Å². The Morgan fingerprint density at radius 2 is 1.89 bits per heavy atom. The van der Waals surface area contributed by atoms with E-state index in [1.807, 2.05) is 12.1 Å². The maximum atomic E-state index is 9.98. The van der Waals surface area contributed by atoms with Gasteiger partial charge in [-0.05, 0) is 18.1 Å². The summed E-state index contributed by atoms with van der Waals surface area (Å²) in [6.45, 7) is 9.32. The van der Waals surface area contributed by atoms with Crippen LogP contribution in [0.1, 0.15) is 13.8 Å². The normalized spacial score (nSPS) is 17.4. The van der Waals surface area contributed by atoms with E-state index in [9.17, 15) is 5.11 Å². The lowest BCUT2D eigenvalue weighted by molar-refractivity contribution is 0.267. The van der Waals surface area contributed by atoms with Gasteiger partial charge in [0.2, 0.25) is 0 Å². The molecule has 18 heavy (non-hydrogen) atoms. The number of phenols is 1. The summed E-state index contributed by atoms with van der Waals surface area (Å²) in [6, 6.07) is 5.55. The molecule has 1 heterocycles. The molecular formula is C14H22N3O. The molecule has 1 saturated heterocycles. The van der Waals surface area contributed by atoms with E-state index in [-0.39, 0.29) is 5.75 Å². The molecule has 1 fully saturated rings. The summed E-state index contributed by atoms with van der Waals surface area (Å²) in [6.07, 6.45) is 0. The van der Waals surface area contributed by atoms with Crippen molar-refractivity contribution in [3.63, 3.8) is 0 Å². The fourth-order valence-corrected chi connectivity index (χ4v) is 2.40. The van der Waals surface area contributed by atoms with E-state index in [0.717, 1.165) is 38.4 Å². The van der Waals surface area contributed by atoms with E-state index in [1.165, 1.54) is 5.92 Å². The average Bonchev–Trinajstić information content (AvgIpc) is 2.33. The molecule has 0 spiro atoms. The van der Waals surface area contributed by atoms with E-state index in [0.29, 0.717) is 5.69 Å². The molecule has 1 aliphatic rings. The molecule has 1 radical (unpaired) electrons. The molecule has 0 saturated carbocycles. The molecular weight excluding hydrogens is 226 g/mol. The van der Waals surface area contributed by atoms with Gasteiger partial charge in [-0.2, -0.15) is 0 Å². The monoisotopic (exact) mass is 248 g/mol. The molecule has 0 aromatic heterocycles. The minimum absolute atomic E-state index is 0.212. The fraction of sp³-hybridized carbons (Fsp3) is 0.500. The van der Waals surface area contributed by atoms with Gasteiger partial charge in [0.15, 0.2) is 5.75 Å². The van der Waals surface area contributed by atoms with Crippen LogP contribution in [0, 0.1) is 5.92 Å². The average molecular weight is 248 g/mol. The number of hydrogen-bond acceptors (Lipinski definition) is 4. The topological polar surface area (TPSA) is 52.7 Å². The number of benzene rings is 1. The smallest absolute Gasteiger partial charge is 0.162 e. The number of rotatable bonds is 3. The van der Waals surface area contributed by atoms with Gasteiger partial charge in [0.05, 0.1) is 11.4 Å². The van der Waals surface area contributed by atoms with Gasteiger partial charge in [0.25, 0.3) is 0 Å². The standard InChI is InChI=1S/C14H22N3O/c1-11(2)10-16-6-8-17(9-7-16)13-5-3-4-12(15)14(13)18/h3-5,18H,6-10,15H2,1-2H3. The highest BCUT2D eigenvalue weighted by Gasteiger charge is 2.20. The Balaban J connectivity index is 1.99. The van der Waals surface area contributed by atoms with E-state index in [2.05, 4.69) is 23.6 Å². The van der Waals surface area contributed by atoms with Crippen molar-refractivity contribution in [2.24, 2.45) is 0 Å². The highest BCUT2D eigenvalue weighted by Crippen LogP contribution is 2.33. The van der Waals surface area contributed by atoms with Crippen molar-refractivity contribution in [1.82, 2.24) is 4.90 Å². The molecule has 0 amide bonds. The van der Waals surface area contributed by atoms with Crippen LogP contribution in [0.25, 0.3) is 0 Å². The van der Waals surface area contributed by atoms with Gasteiger partial charge in [0.1, 0.15) is 0 Å². The molecule has 4 nitrogen and oxygen atoms in total. The maximum Gasteiger partial charge on any atom is 0.162 e. The first-order chi connectivity index (χ1) is 8.58. The second kappa shape index (κ2) is 5.48. The van der Waals surface area contributed by atoms with Crippen LogP contribution in [0.5, 0.6) is 5.75 Å². The van der Waals surface area contributed by atoms with Gasteiger partial charge in [-0.3, -0.25) is 4.90 Å². The summed E-state index contributed by atoms with van der Waals surface area (Å²) in [7, 11) is 0. The first kappa shape index (κ1) is 13.0. The van der Waals surface area contributed by atoms with Crippen LogP contribution >= 0.6 is 0 Å². The summed E-state index contributed by atoms with van der Waals surface area (Å²) in [5.41, 5.74) is 7.04. The Morgan fingerprint density at radius 3 is 2.50 bits per heavy atom. The predicted octanol–water partition coefficient (Wildman–Crippen LogP) is 1.71. The van der Waals surface area contributed by atoms with Gasteiger partial charge >= 0.3 is 0 Å². The van der Waals surface area contributed by atoms with E-state index >= 15 is 0 Å². The van der Waals surface area contributed by atoms with Crippen molar-refractivity contribution in [3.8, 4) is 5.75 Å². The second-order valence-corrected chi connectivity index (χ2v) is 5.19. The zero-order valence-electron chi connectivity index (χ0n) is 11.2. The van der Waals surface area contributed by atoms with Crippen molar-refractivity contribution in [2.45, 2.75) is 13.8 Å². The first-order valence-corrected chi connectivity index (χ1v) is 6.41. The highest BCUT2D eigenvalue weighted by molar-refractivity contribution is 5.69. The molecule has 3 N–H and O–H groups in total. The van der Waals surface area contributed by atoms with Crippen molar-refractivity contribution in [1.29, 1.82) is 0 Å². The molecule has 1 aliphatic heterocycles. The molecule has 0 atom stereocenters.